The van der Waals surface area contributed by atoms with Gasteiger partial charge in [0.1, 0.15) is 11.3 Å². The van der Waals surface area contributed by atoms with Gasteiger partial charge in [0.25, 0.3) is 0 Å². The average Bonchev–Trinajstić information content (AvgIpc) is 3.09. The zero-order valence-electron chi connectivity index (χ0n) is 17.3. The number of amides is 1. The fourth-order valence-corrected chi connectivity index (χ4v) is 3.61. The van der Waals surface area contributed by atoms with Crippen molar-refractivity contribution >= 4 is 11.9 Å². The summed E-state index contributed by atoms with van der Waals surface area (Å²) in [6.45, 7) is 7.98. The molecule has 2 aromatic rings. The predicted octanol–water partition coefficient (Wildman–Crippen LogP) is 3.33. The highest BCUT2D eigenvalue weighted by Crippen LogP contribution is 2.25. The molecule has 0 aliphatic carbocycles. The highest BCUT2D eigenvalue weighted by Gasteiger charge is 2.26. The first-order valence-corrected chi connectivity index (χ1v) is 10.1. The summed E-state index contributed by atoms with van der Waals surface area (Å²) in [5.41, 5.74) is 1.88. The van der Waals surface area contributed by atoms with Gasteiger partial charge in [0.05, 0.1) is 31.0 Å². The standard InChI is InChI=1S/C22H29N3O4/c1-15(2)14-29-19-6-4-17(5-7-19)12-21(26)24-10-8-18(9-11-24)25-16(3)20(13-23-25)22(27)28/h4-7,13,15,18H,8-12,14H2,1-3H3,(H,27,28). The van der Waals surface area contributed by atoms with Crippen LogP contribution in [-0.2, 0) is 11.2 Å². The number of piperidine rings is 1. The number of aromatic nitrogens is 2. The van der Waals surface area contributed by atoms with Crippen molar-refractivity contribution in [2.24, 2.45) is 5.92 Å². The Kier molecular flexibility index (Phi) is 6.56. The smallest absolute Gasteiger partial charge is 0.339 e. The highest BCUT2D eigenvalue weighted by atomic mass is 16.5. The molecule has 7 nitrogen and oxygen atoms in total. The van der Waals surface area contributed by atoms with Crippen molar-refractivity contribution in [3.05, 3.63) is 47.3 Å². The van der Waals surface area contributed by atoms with Gasteiger partial charge in [-0.3, -0.25) is 9.48 Å². The SMILES string of the molecule is Cc1c(C(=O)O)cnn1C1CCN(C(=O)Cc2ccc(OCC(C)C)cc2)CC1. The molecule has 7 heteroatoms. The molecule has 3 rings (SSSR count). The third-order valence-electron chi connectivity index (χ3n) is 5.30. The number of hydrogen-bond donors (Lipinski definition) is 1. The normalized spacial score (nSPS) is 15.0. The number of hydrogen-bond acceptors (Lipinski definition) is 4. The van der Waals surface area contributed by atoms with Gasteiger partial charge in [-0.1, -0.05) is 26.0 Å². The molecule has 156 valence electrons. The van der Waals surface area contributed by atoms with Crippen molar-refractivity contribution < 1.29 is 19.4 Å². The summed E-state index contributed by atoms with van der Waals surface area (Å²) < 4.78 is 7.48. The van der Waals surface area contributed by atoms with E-state index in [1.807, 2.05) is 29.2 Å². The van der Waals surface area contributed by atoms with Crippen LogP contribution < -0.4 is 4.74 Å². The second kappa shape index (κ2) is 9.11. The molecule has 1 saturated heterocycles. The lowest BCUT2D eigenvalue weighted by molar-refractivity contribution is -0.131. The van der Waals surface area contributed by atoms with Crippen LogP contribution in [0.1, 0.15) is 54.3 Å². The molecular formula is C22H29N3O4. The van der Waals surface area contributed by atoms with Crippen molar-refractivity contribution in [1.29, 1.82) is 0 Å². The van der Waals surface area contributed by atoms with E-state index in [0.29, 0.717) is 37.7 Å². The van der Waals surface area contributed by atoms with Crippen LogP contribution in [0.25, 0.3) is 0 Å². The quantitative estimate of drug-likeness (QED) is 0.772. The molecule has 0 unspecified atom stereocenters. The molecule has 0 atom stereocenters. The van der Waals surface area contributed by atoms with E-state index in [0.717, 1.165) is 24.2 Å². The van der Waals surface area contributed by atoms with Crippen molar-refractivity contribution in [2.75, 3.05) is 19.7 Å². The monoisotopic (exact) mass is 399 g/mol. The molecule has 1 aromatic carbocycles. The van der Waals surface area contributed by atoms with E-state index in [2.05, 4.69) is 18.9 Å². The van der Waals surface area contributed by atoms with Gasteiger partial charge in [-0.25, -0.2) is 4.79 Å². The fourth-order valence-electron chi connectivity index (χ4n) is 3.61. The highest BCUT2D eigenvalue weighted by molar-refractivity contribution is 5.88. The number of benzene rings is 1. The molecule has 1 aromatic heterocycles. The lowest BCUT2D eigenvalue weighted by atomic mass is 10.0. The van der Waals surface area contributed by atoms with E-state index < -0.39 is 5.97 Å². The zero-order valence-corrected chi connectivity index (χ0v) is 17.3. The molecule has 0 spiro atoms. The molecule has 1 amide bonds. The first-order chi connectivity index (χ1) is 13.8. The molecule has 1 aliphatic heterocycles. The van der Waals surface area contributed by atoms with Crippen LogP contribution in [0, 0.1) is 12.8 Å². The average molecular weight is 399 g/mol. The Balaban J connectivity index is 1.52. The van der Waals surface area contributed by atoms with Crippen molar-refractivity contribution in [3.8, 4) is 5.75 Å². The predicted molar refractivity (Wildman–Crippen MR) is 109 cm³/mol. The largest absolute Gasteiger partial charge is 0.493 e. The maximum Gasteiger partial charge on any atom is 0.339 e. The first kappa shape index (κ1) is 20.9. The Bertz CT molecular complexity index is 849. The summed E-state index contributed by atoms with van der Waals surface area (Å²) in [6, 6.07) is 7.85. The number of rotatable bonds is 7. The minimum absolute atomic E-state index is 0.114. The number of likely N-dealkylation sites (tertiary alicyclic amines) is 1. The molecule has 1 N–H and O–H groups in total. The lowest BCUT2D eigenvalue weighted by Crippen LogP contribution is -2.40. The molecule has 0 saturated carbocycles. The van der Waals surface area contributed by atoms with Gasteiger partial charge in [-0.05, 0) is 43.4 Å². The summed E-state index contributed by atoms with van der Waals surface area (Å²) in [5.74, 6) is 0.455. The van der Waals surface area contributed by atoms with Gasteiger partial charge in [0.2, 0.25) is 5.91 Å². The van der Waals surface area contributed by atoms with Gasteiger partial charge >= 0.3 is 5.97 Å². The van der Waals surface area contributed by atoms with Crippen LogP contribution in [0.4, 0.5) is 0 Å². The maximum atomic E-state index is 12.7. The lowest BCUT2D eigenvalue weighted by Gasteiger charge is -2.32. The zero-order chi connectivity index (χ0) is 21.0. The summed E-state index contributed by atoms with van der Waals surface area (Å²) >= 11 is 0. The molecular weight excluding hydrogens is 370 g/mol. The Labute approximate surface area is 171 Å². The molecule has 1 aliphatic rings. The minimum Gasteiger partial charge on any atom is -0.493 e. The van der Waals surface area contributed by atoms with Gasteiger partial charge in [-0.15, -0.1) is 0 Å². The van der Waals surface area contributed by atoms with E-state index in [1.54, 1.807) is 11.6 Å². The Morgan fingerprint density at radius 1 is 1.21 bits per heavy atom. The van der Waals surface area contributed by atoms with Crippen LogP contribution in [0.2, 0.25) is 0 Å². The van der Waals surface area contributed by atoms with Gasteiger partial charge < -0.3 is 14.7 Å². The Morgan fingerprint density at radius 2 is 1.86 bits per heavy atom. The van der Waals surface area contributed by atoms with E-state index in [4.69, 9.17) is 4.74 Å². The second-order valence-corrected chi connectivity index (χ2v) is 8.03. The summed E-state index contributed by atoms with van der Waals surface area (Å²) in [5, 5.41) is 13.4. The summed E-state index contributed by atoms with van der Waals surface area (Å²) in [4.78, 5) is 25.8. The number of carbonyl (C=O) groups excluding carboxylic acids is 1. The minimum atomic E-state index is -0.956. The summed E-state index contributed by atoms with van der Waals surface area (Å²) in [7, 11) is 0. The molecule has 2 heterocycles. The molecule has 0 bridgehead atoms. The number of carboxylic acids is 1. The van der Waals surface area contributed by atoms with E-state index >= 15 is 0 Å². The molecule has 1 fully saturated rings. The number of ether oxygens (including phenoxy) is 1. The van der Waals surface area contributed by atoms with Crippen LogP contribution >= 0.6 is 0 Å². The first-order valence-electron chi connectivity index (χ1n) is 10.1. The number of carbonyl (C=O) groups is 2. The van der Waals surface area contributed by atoms with Crippen LogP contribution in [0.5, 0.6) is 5.75 Å². The number of carboxylic acid groups (broad SMARTS) is 1. The van der Waals surface area contributed by atoms with Crippen LogP contribution in [0.3, 0.4) is 0 Å². The topological polar surface area (TPSA) is 84.7 Å². The number of aromatic carboxylic acids is 1. The molecule has 0 radical (unpaired) electrons. The van der Waals surface area contributed by atoms with Crippen LogP contribution in [0.15, 0.2) is 30.5 Å². The van der Waals surface area contributed by atoms with Crippen LogP contribution in [-0.4, -0.2) is 51.4 Å². The Hall–Kier alpha value is -2.83. The van der Waals surface area contributed by atoms with E-state index in [-0.39, 0.29) is 17.5 Å². The van der Waals surface area contributed by atoms with Gasteiger partial charge in [0.15, 0.2) is 0 Å². The van der Waals surface area contributed by atoms with Gasteiger partial charge in [0, 0.05) is 13.1 Å². The van der Waals surface area contributed by atoms with Crippen molar-refractivity contribution in [2.45, 2.75) is 46.1 Å². The van der Waals surface area contributed by atoms with Gasteiger partial charge in [-0.2, -0.15) is 5.10 Å². The third kappa shape index (κ3) is 5.16. The summed E-state index contributed by atoms with van der Waals surface area (Å²) in [6.07, 6.45) is 3.33. The maximum absolute atomic E-state index is 12.7. The number of nitrogens with zero attached hydrogens (tertiary/aromatic N) is 3. The Morgan fingerprint density at radius 3 is 2.41 bits per heavy atom. The van der Waals surface area contributed by atoms with E-state index in [1.165, 1.54) is 6.20 Å². The van der Waals surface area contributed by atoms with E-state index in [9.17, 15) is 14.7 Å². The van der Waals surface area contributed by atoms with Crippen molar-refractivity contribution in [1.82, 2.24) is 14.7 Å². The molecule has 29 heavy (non-hydrogen) atoms. The fraction of sp³-hybridized carbons (Fsp3) is 0.500. The second-order valence-electron chi connectivity index (χ2n) is 8.03. The third-order valence-corrected chi connectivity index (χ3v) is 5.30. The van der Waals surface area contributed by atoms with Crippen molar-refractivity contribution in [3.63, 3.8) is 0 Å².